The number of carbonyl (C=O) groups is 1. The highest BCUT2D eigenvalue weighted by Crippen LogP contribution is 2.34. The molecule has 0 saturated carbocycles. The molecule has 0 radical (unpaired) electrons. The molecule has 1 saturated heterocycles. The van der Waals surface area contributed by atoms with Crippen molar-refractivity contribution in [2.24, 2.45) is 0 Å². The Labute approximate surface area is 170 Å². The highest BCUT2D eigenvalue weighted by atomic mass is 35.5. The van der Waals surface area contributed by atoms with Crippen LogP contribution in [-0.2, 0) is 0 Å². The third-order valence-electron chi connectivity index (χ3n) is 4.64. The molecule has 2 aromatic carbocycles. The number of hydrogen-bond donors (Lipinski definition) is 0. The van der Waals surface area contributed by atoms with Gasteiger partial charge in [0.1, 0.15) is 16.5 Å². The SMILES string of the molecule is CCCOc1ccc(C(=O)N2CCN(c3c(F)c(F)c(Cl)c(F)c3F)CC2)cc1. The van der Waals surface area contributed by atoms with Crippen LogP contribution in [0.25, 0.3) is 0 Å². The second-order valence-electron chi connectivity index (χ2n) is 6.57. The molecule has 2 aromatic rings. The molecule has 1 fully saturated rings. The van der Waals surface area contributed by atoms with Crippen LogP contribution in [-0.4, -0.2) is 43.6 Å². The lowest BCUT2D eigenvalue weighted by Gasteiger charge is -2.36. The highest BCUT2D eigenvalue weighted by molar-refractivity contribution is 6.31. The Morgan fingerprint density at radius 3 is 2.03 bits per heavy atom. The molecule has 1 amide bonds. The van der Waals surface area contributed by atoms with E-state index < -0.39 is 34.0 Å². The van der Waals surface area contributed by atoms with Crippen LogP contribution in [0.2, 0.25) is 5.02 Å². The van der Waals surface area contributed by atoms with Gasteiger partial charge in [-0.1, -0.05) is 18.5 Å². The molecule has 0 aliphatic carbocycles. The summed E-state index contributed by atoms with van der Waals surface area (Å²) in [7, 11) is 0. The van der Waals surface area contributed by atoms with Crippen molar-refractivity contribution in [3.05, 3.63) is 58.1 Å². The number of carbonyl (C=O) groups excluding carboxylic acids is 1. The average Bonchev–Trinajstić information content (AvgIpc) is 2.75. The normalized spacial score (nSPS) is 14.3. The van der Waals surface area contributed by atoms with Crippen molar-refractivity contribution < 1.29 is 27.1 Å². The third-order valence-corrected chi connectivity index (χ3v) is 4.98. The first kappa shape index (κ1) is 21.2. The Morgan fingerprint density at radius 2 is 1.52 bits per heavy atom. The molecule has 0 unspecified atom stereocenters. The zero-order chi connectivity index (χ0) is 21.1. The number of piperazine rings is 1. The minimum absolute atomic E-state index is 0.0117. The predicted octanol–water partition coefficient (Wildman–Crippen LogP) is 4.65. The summed E-state index contributed by atoms with van der Waals surface area (Å²) >= 11 is 5.26. The van der Waals surface area contributed by atoms with Gasteiger partial charge in [-0.05, 0) is 30.7 Å². The number of amides is 1. The maximum Gasteiger partial charge on any atom is 0.253 e. The molecule has 0 aromatic heterocycles. The van der Waals surface area contributed by atoms with Crippen molar-refractivity contribution in [1.82, 2.24) is 4.90 Å². The Hall–Kier alpha value is -2.48. The fourth-order valence-electron chi connectivity index (χ4n) is 3.10. The summed E-state index contributed by atoms with van der Waals surface area (Å²) < 4.78 is 61.2. The van der Waals surface area contributed by atoms with Crippen molar-refractivity contribution in [3.8, 4) is 5.75 Å². The van der Waals surface area contributed by atoms with Gasteiger partial charge in [0.25, 0.3) is 5.91 Å². The summed E-state index contributed by atoms with van der Waals surface area (Å²) in [6.07, 6.45) is 0.869. The average molecular weight is 431 g/mol. The van der Waals surface area contributed by atoms with E-state index in [2.05, 4.69) is 0 Å². The molecule has 0 atom stereocenters. The molecule has 1 aliphatic heterocycles. The molecular formula is C20H19ClF4N2O2. The summed E-state index contributed by atoms with van der Waals surface area (Å²) in [6.45, 7) is 2.86. The second kappa shape index (κ2) is 8.90. The molecule has 4 nitrogen and oxygen atoms in total. The van der Waals surface area contributed by atoms with E-state index in [4.69, 9.17) is 16.3 Å². The first-order valence-electron chi connectivity index (χ1n) is 9.13. The van der Waals surface area contributed by atoms with Gasteiger partial charge in [0.2, 0.25) is 0 Å². The van der Waals surface area contributed by atoms with Gasteiger partial charge in [0.15, 0.2) is 23.3 Å². The molecule has 0 bridgehead atoms. The lowest BCUT2D eigenvalue weighted by atomic mass is 10.1. The number of halogens is 5. The van der Waals surface area contributed by atoms with Gasteiger partial charge in [-0.3, -0.25) is 4.79 Å². The lowest BCUT2D eigenvalue weighted by Crippen LogP contribution is -2.49. The van der Waals surface area contributed by atoms with E-state index in [-0.39, 0.29) is 32.1 Å². The highest BCUT2D eigenvalue weighted by Gasteiger charge is 2.31. The summed E-state index contributed by atoms with van der Waals surface area (Å²) in [5.74, 6) is -5.95. The molecule has 29 heavy (non-hydrogen) atoms. The minimum Gasteiger partial charge on any atom is -0.494 e. The molecule has 3 rings (SSSR count). The Morgan fingerprint density at radius 1 is 0.966 bits per heavy atom. The van der Waals surface area contributed by atoms with E-state index in [9.17, 15) is 22.4 Å². The van der Waals surface area contributed by atoms with Crippen LogP contribution in [0.4, 0.5) is 23.2 Å². The van der Waals surface area contributed by atoms with Crippen molar-refractivity contribution in [2.45, 2.75) is 13.3 Å². The van der Waals surface area contributed by atoms with E-state index >= 15 is 0 Å². The van der Waals surface area contributed by atoms with Crippen LogP contribution in [0.3, 0.4) is 0 Å². The van der Waals surface area contributed by atoms with Crippen molar-refractivity contribution >= 4 is 23.2 Å². The van der Waals surface area contributed by atoms with E-state index in [1.165, 1.54) is 9.80 Å². The minimum atomic E-state index is -1.63. The van der Waals surface area contributed by atoms with E-state index in [1.54, 1.807) is 24.3 Å². The standard InChI is InChI=1S/C20H19ClF4N2O2/c1-2-11-29-13-5-3-12(4-6-13)20(28)27-9-7-26(8-10-27)19-17(24)15(22)14(21)16(23)18(19)25/h3-6H,2,7-11H2,1H3. The Kier molecular flexibility index (Phi) is 6.52. The largest absolute Gasteiger partial charge is 0.494 e. The van der Waals surface area contributed by atoms with Crippen LogP contribution in [0, 0.1) is 23.3 Å². The van der Waals surface area contributed by atoms with Gasteiger partial charge >= 0.3 is 0 Å². The zero-order valence-electron chi connectivity index (χ0n) is 15.7. The molecule has 156 valence electrons. The predicted molar refractivity (Wildman–Crippen MR) is 102 cm³/mol. The van der Waals surface area contributed by atoms with Crippen molar-refractivity contribution in [3.63, 3.8) is 0 Å². The van der Waals surface area contributed by atoms with Gasteiger partial charge in [0, 0.05) is 31.7 Å². The lowest BCUT2D eigenvalue weighted by molar-refractivity contribution is 0.0746. The molecule has 0 N–H and O–H groups in total. The monoisotopic (exact) mass is 430 g/mol. The van der Waals surface area contributed by atoms with E-state index in [1.807, 2.05) is 6.92 Å². The fraction of sp³-hybridized carbons (Fsp3) is 0.350. The van der Waals surface area contributed by atoms with Crippen molar-refractivity contribution in [1.29, 1.82) is 0 Å². The van der Waals surface area contributed by atoms with E-state index in [0.717, 1.165) is 6.42 Å². The van der Waals surface area contributed by atoms with Gasteiger partial charge in [-0.25, -0.2) is 17.6 Å². The van der Waals surface area contributed by atoms with Crippen LogP contribution >= 0.6 is 11.6 Å². The number of rotatable bonds is 5. The number of benzene rings is 2. The van der Waals surface area contributed by atoms with Crippen LogP contribution in [0.1, 0.15) is 23.7 Å². The van der Waals surface area contributed by atoms with Gasteiger partial charge in [-0.15, -0.1) is 0 Å². The molecule has 1 heterocycles. The van der Waals surface area contributed by atoms with Crippen LogP contribution < -0.4 is 9.64 Å². The number of nitrogens with zero attached hydrogens (tertiary/aromatic N) is 2. The fourth-order valence-corrected chi connectivity index (χ4v) is 3.27. The molecule has 9 heteroatoms. The first-order chi connectivity index (χ1) is 13.8. The topological polar surface area (TPSA) is 32.8 Å². The van der Waals surface area contributed by atoms with E-state index in [0.29, 0.717) is 17.9 Å². The number of ether oxygens (including phenoxy) is 1. The maximum absolute atomic E-state index is 14.1. The second-order valence-corrected chi connectivity index (χ2v) is 6.95. The summed E-state index contributed by atoms with van der Waals surface area (Å²) in [6, 6.07) is 6.68. The van der Waals surface area contributed by atoms with Crippen LogP contribution in [0.5, 0.6) is 5.75 Å². The van der Waals surface area contributed by atoms with Crippen LogP contribution in [0.15, 0.2) is 24.3 Å². The maximum atomic E-state index is 14.1. The zero-order valence-corrected chi connectivity index (χ0v) is 16.4. The van der Waals surface area contributed by atoms with Gasteiger partial charge in [-0.2, -0.15) is 0 Å². The number of hydrogen-bond acceptors (Lipinski definition) is 3. The number of anilines is 1. The molecule has 0 spiro atoms. The quantitative estimate of drug-likeness (QED) is 0.393. The summed E-state index contributed by atoms with van der Waals surface area (Å²) in [5, 5.41) is -1.22. The summed E-state index contributed by atoms with van der Waals surface area (Å²) in [5.41, 5.74) is -0.364. The molecule has 1 aliphatic rings. The Balaban J connectivity index is 1.69. The third kappa shape index (κ3) is 4.27. The smallest absolute Gasteiger partial charge is 0.253 e. The van der Waals surface area contributed by atoms with Gasteiger partial charge < -0.3 is 14.5 Å². The Bertz CT molecular complexity index is 871. The summed E-state index contributed by atoms with van der Waals surface area (Å²) in [4.78, 5) is 15.3. The first-order valence-corrected chi connectivity index (χ1v) is 9.51. The van der Waals surface area contributed by atoms with Gasteiger partial charge in [0.05, 0.1) is 6.61 Å². The molecular weight excluding hydrogens is 412 g/mol. The van der Waals surface area contributed by atoms with Crippen molar-refractivity contribution in [2.75, 3.05) is 37.7 Å².